The molecule has 2 fully saturated rings. The smallest absolute Gasteiger partial charge is 0.218 e. The number of methoxy groups -OCH3 is 1. The van der Waals surface area contributed by atoms with Crippen molar-refractivity contribution in [3.05, 3.63) is 36.3 Å². The first-order valence-electron chi connectivity index (χ1n) is 9.04. The van der Waals surface area contributed by atoms with Crippen molar-refractivity contribution < 1.29 is 4.74 Å². The number of hydrogen-bond acceptors (Lipinski definition) is 7. The van der Waals surface area contributed by atoms with E-state index >= 15 is 0 Å². The largest absolute Gasteiger partial charge is 0.481 e. The van der Waals surface area contributed by atoms with Crippen LogP contribution in [-0.2, 0) is 0 Å². The number of piperidine rings is 1. The Kier molecular flexibility index (Phi) is 4.57. The standard InChI is InChI=1S/C19H22N6O/c1-26-18-11-17(22-13-23-18)25(15-4-5-15)16-6-9-24(10-7-16)19-14(12-20)3-2-8-21-19/h2-3,8,11,13,15-16H,4-7,9-10H2,1H3. The molecular weight excluding hydrogens is 328 g/mol. The predicted octanol–water partition coefficient (Wildman–Crippen LogP) is 2.39. The number of hydrogen-bond donors (Lipinski definition) is 0. The Balaban J connectivity index is 1.50. The molecule has 1 aliphatic carbocycles. The Morgan fingerprint density at radius 1 is 1.15 bits per heavy atom. The number of rotatable bonds is 5. The van der Waals surface area contributed by atoms with Gasteiger partial charge in [0.15, 0.2) is 0 Å². The van der Waals surface area contributed by atoms with Crippen LogP contribution in [0.15, 0.2) is 30.7 Å². The highest BCUT2D eigenvalue weighted by Crippen LogP contribution is 2.36. The summed E-state index contributed by atoms with van der Waals surface area (Å²) in [7, 11) is 1.63. The summed E-state index contributed by atoms with van der Waals surface area (Å²) in [5, 5.41) is 9.32. The SMILES string of the molecule is COc1cc(N(C2CC2)C2CCN(c3ncccc3C#N)CC2)ncn1. The molecule has 1 aliphatic heterocycles. The fourth-order valence-electron chi connectivity index (χ4n) is 3.70. The third-order valence-electron chi connectivity index (χ3n) is 5.11. The van der Waals surface area contributed by atoms with Crippen molar-refractivity contribution in [1.82, 2.24) is 15.0 Å². The number of nitriles is 1. The van der Waals surface area contributed by atoms with Crippen molar-refractivity contribution in [3.8, 4) is 11.9 Å². The number of anilines is 2. The third kappa shape index (κ3) is 3.27. The maximum absolute atomic E-state index is 9.32. The van der Waals surface area contributed by atoms with Crippen molar-refractivity contribution in [3.63, 3.8) is 0 Å². The lowest BCUT2D eigenvalue weighted by atomic mass is 10.0. The van der Waals surface area contributed by atoms with Crippen LogP contribution in [0.25, 0.3) is 0 Å². The van der Waals surface area contributed by atoms with Crippen molar-refractivity contribution in [2.24, 2.45) is 0 Å². The first-order chi connectivity index (χ1) is 12.8. The predicted molar refractivity (Wildman–Crippen MR) is 98.3 cm³/mol. The Bertz CT molecular complexity index is 808. The van der Waals surface area contributed by atoms with Gasteiger partial charge in [-0.3, -0.25) is 0 Å². The van der Waals surface area contributed by atoms with Gasteiger partial charge in [-0.1, -0.05) is 0 Å². The van der Waals surface area contributed by atoms with E-state index in [2.05, 4.69) is 30.8 Å². The fraction of sp³-hybridized carbons (Fsp3) is 0.474. The second-order valence-electron chi connectivity index (χ2n) is 6.76. The Morgan fingerprint density at radius 3 is 2.62 bits per heavy atom. The molecule has 0 unspecified atom stereocenters. The molecule has 134 valence electrons. The molecule has 0 N–H and O–H groups in total. The molecule has 0 bridgehead atoms. The average Bonchev–Trinajstić information content (AvgIpc) is 3.54. The van der Waals surface area contributed by atoms with Gasteiger partial charge in [-0.2, -0.15) is 5.26 Å². The molecule has 0 amide bonds. The topological polar surface area (TPSA) is 78.2 Å². The van der Waals surface area contributed by atoms with Gasteiger partial charge in [0.25, 0.3) is 0 Å². The van der Waals surface area contributed by atoms with Crippen LogP contribution in [-0.4, -0.2) is 47.2 Å². The highest BCUT2D eigenvalue weighted by Gasteiger charge is 2.37. The van der Waals surface area contributed by atoms with E-state index < -0.39 is 0 Å². The van der Waals surface area contributed by atoms with Gasteiger partial charge in [0.05, 0.1) is 12.7 Å². The van der Waals surface area contributed by atoms with Gasteiger partial charge in [-0.25, -0.2) is 15.0 Å². The molecule has 2 aliphatic rings. The number of nitrogens with zero attached hydrogens (tertiary/aromatic N) is 6. The number of ether oxygens (including phenoxy) is 1. The van der Waals surface area contributed by atoms with E-state index in [0.29, 0.717) is 23.5 Å². The third-order valence-corrected chi connectivity index (χ3v) is 5.11. The first-order valence-corrected chi connectivity index (χ1v) is 9.04. The highest BCUT2D eigenvalue weighted by atomic mass is 16.5. The molecule has 3 heterocycles. The minimum Gasteiger partial charge on any atom is -0.481 e. The van der Waals surface area contributed by atoms with E-state index in [0.717, 1.165) is 37.6 Å². The molecule has 7 heteroatoms. The lowest BCUT2D eigenvalue weighted by Crippen LogP contribution is -2.46. The minimum absolute atomic E-state index is 0.438. The zero-order chi connectivity index (χ0) is 17.9. The van der Waals surface area contributed by atoms with Gasteiger partial charge in [0.2, 0.25) is 5.88 Å². The van der Waals surface area contributed by atoms with Crippen LogP contribution in [0.4, 0.5) is 11.6 Å². The van der Waals surface area contributed by atoms with Crippen molar-refractivity contribution >= 4 is 11.6 Å². The van der Waals surface area contributed by atoms with E-state index in [-0.39, 0.29) is 0 Å². The molecule has 0 spiro atoms. The monoisotopic (exact) mass is 350 g/mol. The Morgan fingerprint density at radius 2 is 1.92 bits per heavy atom. The second kappa shape index (κ2) is 7.16. The van der Waals surface area contributed by atoms with Crippen LogP contribution < -0.4 is 14.5 Å². The lowest BCUT2D eigenvalue weighted by Gasteiger charge is -2.40. The van der Waals surface area contributed by atoms with E-state index in [9.17, 15) is 5.26 Å². The fourth-order valence-corrected chi connectivity index (χ4v) is 3.70. The summed E-state index contributed by atoms with van der Waals surface area (Å²) in [4.78, 5) is 17.7. The van der Waals surface area contributed by atoms with Crippen molar-refractivity contribution in [2.75, 3.05) is 30.0 Å². The molecule has 1 saturated carbocycles. The summed E-state index contributed by atoms with van der Waals surface area (Å²) >= 11 is 0. The summed E-state index contributed by atoms with van der Waals surface area (Å²) < 4.78 is 5.27. The maximum atomic E-state index is 9.32. The highest BCUT2D eigenvalue weighted by molar-refractivity contribution is 5.54. The number of pyridine rings is 1. The van der Waals surface area contributed by atoms with Crippen LogP contribution in [0.2, 0.25) is 0 Å². The molecule has 26 heavy (non-hydrogen) atoms. The van der Waals surface area contributed by atoms with Gasteiger partial charge in [-0.15, -0.1) is 0 Å². The van der Waals surface area contributed by atoms with Gasteiger partial charge in [-0.05, 0) is 37.8 Å². The van der Waals surface area contributed by atoms with Gasteiger partial charge in [0.1, 0.15) is 24.0 Å². The molecule has 2 aromatic heterocycles. The van der Waals surface area contributed by atoms with Gasteiger partial charge >= 0.3 is 0 Å². The normalized spacial score (nSPS) is 17.6. The molecule has 2 aromatic rings. The van der Waals surface area contributed by atoms with Crippen molar-refractivity contribution in [1.29, 1.82) is 5.26 Å². The summed E-state index contributed by atoms with van der Waals surface area (Å²) in [5.41, 5.74) is 0.644. The Labute approximate surface area is 153 Å². The minimum atomic E-state index is 0.438. The molecule has 0 aromatic carbocycles. The summed E-state index contributed by atoms with van der Waals surface area (Å²) in [6, 6.07) is 8.82. The average molecular weight is 350 g/mol. The second-order valence-corrected chi connectivity index (χ2v) is 6.76. The van der Waals surface area contributed by atoms with Crippen LogP contribution in [0.3, 0.4) is 0 Å². The van der Waals surface area contributed by atoms with E-state index in [4.69, 9.17) is 4.74 Å². The summed E-state index contributed by atoms with van der Waals surface area (Å²) in [6.45, 7) is 1.78. The molecule has 0 atom stereocenters. The zero-order valence-corrected chi connectivity index (χ0v) is 14.9. The van der Waals surface area contributed by atoms with Gasteiger partial charge < -0.3 is 14.5 Å². The van der Waals surface area contributed by atoms with Crippen LogP contribution in [0, 0.1) is 11.3 Å². The van der Waals surface area contributed by atoms with E-state index in [1.165, 1.54) is 12.8 Å². The van der Waals surface area contributed by atoms with Crippen LogP contribution >= 0.6 is 0 Å². The zero-order valence-electron chi connectivity index (χ0n) is 14.9. The quantitative estimate of drug-likeness (QED) is 0.819. The van der Waals surface area contributed by atoms with Gasteiger partial charge in [0, 0.05) is 37.4 Å². The Hall–Kier alpha value is -2.88. The van der Waals surface area contributed by atoms with Crippen molar-refractivity contribution in [2.45, 2.75) is 37.8 Å². The maximum Gasteiger partial charge on any atom is 0.218 e. The summed E-state index contributed by atoms with van der Waals surface area (Å²) in [5.74, 6) is 2.36. The molecule has 0 radical (unpaired) electrons. The first kappa shape index (κ1) is 16.6. The molecule has 4 rings (SSSR count). The van der Waals surface area contributed by atoms with E-state index in [1.807, 2.05) is 18.2 Å². The summed E-state index contributed by atoms with van der Waals surface area (Å²) in [6.07, 6.45) is 7.79. The van der Waals surface area contributed by atoms with Crippen LogP contribution in [0.1, 0.15) is 31.2 Å². The number of aromatic nitrogens is 3. The lowest BCUT2D eigenvalue weighted by molar-refractivity contribution is 0.395. The van der Waals surface area contributed by atoms with Crippen LogP contribution in [0.5, 0.6) is 5.88 Å². The molecule has 7 nitrogen and oxygen atoms in total. The van der Waals surface area contributed by atoms with E-state index in [1.54, 1.807) is 19.6 Å². The molecular formula is C19H22N6O. The molecule has 1 saturated heterocycles.